The molecule has 2 aromatic rings. The number of carbonyl (C=O) groups is 1. The van der Waals surface area contributed by atoms with E-state index in [4.69, 9.17) is 17.0 Å². The van der Waals surface area contributed by atoms with E-state index >= 15 is 0 Å². The summed E-state index contributed by atoms with van der Waals surface area (Å²) in [6, 6.07) is 17.5. The Balaban J connectivity index is 1.54. The molecule has 6 heteroatoms. The van der Waals surface area contributed by atoms with Crippen molar-refractivity contribution < 1.29 is 9.53 Å². The van der Waals surface area contributed by atoms with E-state index in [1.807, 2.05) is 49.1 Å². The highest BCUT2D eigenvalue weighted by Crippen LogP contribution is 2.17. The second-order valence-electron chi connectivity index (χ2n) is 6.76. The zero-order chi connectivity index (χ0) is 19.2. The molecule has 0 aliphatic carbocycles. The molecule has 27 heavy (non-hydrogen) atoms. The van der Waals surface area contributed by atoms with Crippen LogP contribution in [0.1, 0.15) is 24.2 Å². The Labute approximate surface area is 165 Å². The maximum absolute atomic E-state index is 12.5. The van der Waals surface area contributed by atoms with E-state index in [1.165, 1.54) is 5.69 Å². The van der Waals surface area contributed by atoms with Crippen molar-refractivity contribution in [3.8, 4) is 5.75 Å². The normalized spacial score (nSPS) is 14.2. The number of hydrogen-bond donors (Lipinski definition) is 1. The topological polar surface area (TPSA) is 44.8 Å². The van der Waals surface area contributed by atoms with Gasteiger partial charge in [0.2, 0.25) is 0 Å². The van der Waals surface area contributed by atoms with Gasteiger partial charge in [-0.1, -0.05) is 24.3 Å². The molecule has 0 aromatic heterocycles. The van der Waals surface area contributed by atoms with Gasteiger partial charge in [-0.25, -0.2) is 0 Å². The van der Waals surface area contributed by atoms with E-state index in [-0.39, 0.29) is 12.0 Å². The number of benzene rings is 2. The number of piperazine rings is 1. The first-order chi connectivity index (χ1) is 13.0. The Bertz CT molecular complexity index is 787. The Morgan fingerprint density at radius 1 is 1.04 bits per heavy atom. The quantitative estimate of drug-likeness (QED) is 0.821. The van der Waals surface area contributed by atoms with Crippen LogP contribution in [0.3, 0.4) is 0 Å². The number of ether oxygens (including phenoxy) is 1. The van der Waals surface area contributed by atoms with Crippen LogP contribution >= 0.6 is 12.2 Å². The van der Waals surface area contributed by atoms with Crippen LogP contribution in [0.25, 0.3) is 0 Å². The molecule has 1 aliphatic heterocycles. The first-order valence-corrected chi connectivity index (χ1v) is 9.61. The van der Waals surface area contributed by atoms with Gasteiger partial charge in [-0.15, -0.1) is 0 Å². The van der Waals surface area contributed by atoms with E-state index in [1.54, 1.807) is 12.1 Å². The van der Waals surface area contributed by atoms with Gasteiger partial charge in [0.25, 0.3) is 5.91 Å². The minimum atomic E-state index is -0.209. The second-order valence-corrected chi connectivity index (χ2v) is 7.15. The van der Waals surface area contributed by atoms with E-state index in [2.05, 4.69) is 22.3 Å². The van der Waals surface area contributed by atoms with E-state index < -0.39 is 0 Å². The third-order valence-corrected chi connectivity index (χ3v) is 4.74. The lowest BCUT2D eigenvalue weighted by Gasteiger charge is -2.37. The van der Waals surface area contributed by atoms with Gasteiger partial charge in [0.1, 0.15) is 5.75 Å². The summed E-state index contributed by atoms with van der Waals surface area (Å²) in [7, 11) is 0. The van der Waals surface area contributed by atoms with Crippen molar-refractivity contribution in [1.29, 1.82) is 0 Å². The van der Waals surface area contributed by atoms with Crippen LogP contribution in [0, 0.1) is 0 Å². The smallest absolute Gasteiger partial charge is 0.257 e. The number of nitrogens with one attached hydrogen (secondary N) is 1. The molecule has 1 saturated heterocycles. The van der Waals surface area contributed by atoms with Crippen LogP contribution in [0.4, 0.5) is 5.69 Å². The van der Waals surface area contributed by atoms with Gasteiger partial charge in [-0.05, 0) is 56.4 Å². The predicted molar refractivity (Wildman–Crippen MR) is 112 cm³/mol. The third-order valence-electron chi connectivity index (χ3n) is 4.38. The summed E-state index contributed by atoms with van der Waals surface area (Å²) in [5, 5.41) is 3.32. The zero-order valence-corrected chi connectivity index (χ0v) is 16.5. The van der Waals surface area contributed by atoms with Gasteiger partial charge in [-0.2, -0.15) is 0 Å². The molecule has 0 atom stereocenters. The second kappa shape index (κ2) is 8.86. The Hall–Kier alpha value is -2.60. The summed E-state index contributed by atoms with van der Waals surface area (Å²) in [5.74, 6) is 0.472. The van der Waals surface area contributed by atoms with Gasteiger partial charge >= 0.3 is 0 Å². The van der Waals surface area contributed by atoms with Gasteiger partial charge < -0.3 is 14.5 Å². The first-order valence-electron chi connectivity index (χ1n) is 9.20. The molecule has 0 bridgehead atoms. The molecule has 3 rings (SSSR count). The van der Waals surface area contributed by atoms with Crippen LogP contribution < -0.4 is 15.0 Å². The number of anilines is 1. The van der Waals surface area contributed by atoms with Crippen LogP contribution in [0.2, 0.25) is 0 Å². The molecule has 1 fully saturated rings. The van der Waals surface area contributed by atoms with Gasteiger partial charge in [0, 0.05) is 37.4 Å². The SMILES string of the molecule is CC(C)Oc1cccc(C(=O)NC(=S)N2CCN(c3ccccc3)CC2)c1. The van der Waals surface area contributed by atoms with Crippen LogP contribution in [-0.4, -0.2) is 48.2 Å². The molecule has 0 radical (unpaired) electrons. The molecular weight excluding hydrogens is 358 g/mol. The van der Waals surface area contributed by atoms with E-state index in [0.29, 0.717) is 16.4 Å². The molecule has 1 N–H and O–H groups in total. The number of para-hydroxylation sites is 1. The van der Waals surface area contributed by atoms with Crippen molar-refractivity contribution in [2.24, 2.45) is 0 Å². The predicted octanol–water partition coefficient (Wildman–Crippen LogP) is 3.31. The van der Waals surface area contributed by atoms with Crippen LogP contribution in [0.5, 0.6) is 5.75 Å². The molecular formula is C21H25N3O2S. The molecule has 0 spiro atoms. The highest BCUT2D eigenvalue weighted by atomic mass is 32.1. The highest BCUT2D eigenvalue weighted by Gasteiger charge is 2.20. The maximum Gasteiger partial charge on any atom is 0.257 e. The Morgan fingerprint density at radius 3 is 2.41 bits per heavy atom. The molecule has 0 saturated carbocycles. The van der Waals surface area contributed by atoms with Gasteiger partial charge in [0.05, 0.1) is 6.10 Å². The van der Waals surface area contributed by atoms with E-state index in [9.17, 15) is 4.79 Å². The summed E-state index contributed by atoms with van der Waals surface area (Å²) in [5.41, 5.74) is 1.76. The standard InChI is InChI=1S/C21H25N3O2S/c1-16(2)26-19-10-6-7-17(15-19)20(25)22-21(27)24-13-11-23(12-14-24)18-8-4-3-5-9-18/h3-10,15-16H,11-14H2,1-2H3,(H,22,25,27). The lowest BCUT2D eigenvalue weighted by atomic mass is 10.2. The zero-order valence-electron chi connectivity index (χ0n) is 15.7. The van der Waals surface area contributed by atoms with Crippen molar-refractivity contribution in [3.05, 3.63) is 60.2 Å². The fourth-order valence-corrected chi connectivity index (χ4v) is 3.31. The Kier molecular flexibility index (Phi) is 6.29. The lowest BCUT2D eigenvalue weighted by Crippen LogP contribution is -2.52. The largest absolute Gasteiger partial charge is 0.491 e. The fraction of sp³-hybridized carbons (Fsp3) is 0.333. The van der Waals surface area contributed by atoms with Crippen molar-refractivity contribution in [3.63, 3.8) is 0 Å². The average Bonchev–Trinajstić information content (AvgIpc) is 2.68. The molecule has 5 nitrogen and oxygen atoms in total. The molecule has 1 heterocycles. The number of amides is 1. The highest BCUT2D eigenvalue weighted by molar-refractivity contribution is 7.80. The minimum Gasteiger partial charge on any atom is -0.491 e. The summed E-state index contributed by atoms with van der Waals surface area (Å²) in [4.78, 5) is 16.9. The number of thiocarbonyl (C=S) groups is 1. The molecule has 2 aromatic carbocycles. The first kappa shape index (κ1) is 19.2. The summed E-state index contributed by atoms with van der Waals surface area (Å²) >= 11 is 5.45. The number of carbonyl (C=O) groups excluding carboxylic acids is 1. The van der Waals surface area contributed by atoms with Crippen LogP contribution in [-0.2, 0) is 0 Å². The van der Waals surface area contributed by atoms with Crippen molar-refractivity contribution in [2.75, 3.05) is 31.1 Å². The summed E-state index contributed by atoms with van der Waals surface area (Å²) in [6.07, 6.45) is 0.0605. The van der Waals surface area contributed by atoms with Gasteiger partial charge in [-0.3, -0.25) is 10.1 Å². The van der Waals surface area contributed by atoms with E-state index in [0.717, 1.165) is 26.2 Å². The fourth-order valence-electron chi connectivity index (χ4n) is 3.04. The molecule has 1 amide bonds. The van der Waals surface area contributed by atoms with Crippen LogP contribution in [0.15, 0.2) is 54.6 Å². The van der Waals surface area contributed by atoms with Crippen molar-refractivity contribution in [2.45, 2.75) is 20.0 Å². The van der Waals surface area contributed by atoms with Crippen molar-refractivity contribution >= 4 is 28.9 Å². The monoisotopic (exact) mass is 383 g/mol. The number of hydrogen-bond acceptors (Lipinski definition) is 4. The Morgan fingerprint density at radius 2 is 1.74 bits per heavy atom. The molecule has 1 aliphatic rings. The lowest BCUT2D eigenvalue weighted by molar-refractivity contribution is 0.0972. The minimum absolute atomic E-state index is 0.0605. The average molecular weight is 384 g/mol. The molecule has 142 valence electrons. The third kappa shape index (κ3) is 5.20. The van der Waals surface area contributed by atoms with Gasteiger partial charge in [0.15, 0.2) is 5.11 Å². The maximum atomic E-state index is 12.5. The summed E-state index contributed by atoms with van der Waals surface area (Å²) in [6.45, 7) is 7.22. The number of nitrogens with zero attached hydrogens (tertiary/aromatic N) is 2. The molecule has 0 unspecified atom stereocenters. The summed E-state index contributed by atoms with van der Waals surface area (Å²) < 4.78 is 5.65. The number of rotatable bonds is 4. The van der Waals surface area contributed by atoms with Crippen molar-refractivity contribution in [1.82, 2.24) is 10.2 Å².